The minimum atomic E-state index is 0.293. The number of allylic oxidation sites excluding steroid dienone is 10. The van der Waals surface area contributed by atoms with E-state index in [0.29, 0.717) is 12.5 Å². The van der Waals surface area contributed by atoms with Crippen molar-refractivity contribution in [3.63, 3.8) is 0 Å². The summed E-state index contributed by atoms with van der Waals surface area (Å²) in [6.45, 7) is 20.1. The Bertz CT molecular complexity index is 634. The summed E-state index contributed by atoms with van der Waals surface area (Å²) in [5.41, 5.74) is 5.81. The highest BCUT2D eigenvalue weighted by molar-refractivity contribution is 5.06. The van der Waals surface area contributed by atoms with E-state index in [1.807, 2.05) is 0 Å². The second kappa shape index (κ2) is 24.6. The largest absolute Gasteiger partial charge is 0.474 e. The third kappa shape index (κ3) is 27.9. The number of aliphatic hydroxyl groups is 1. The van der Waals surface area contributed by atoms with Crippen LogP contribution in [-0.4, -0.2) is 11.7 Å². The van der Waals surface area contributed by atoms with E-state index >= 15 is 0 Å². The Labute approximate surface area is 206 Å². The standard InChI is InChI=1S/C27H46O.C4H6O/c1-23(2)13-9-16-26(5)19-10-17-24(3)14-7-8-15-25(4)18-11-20-27(6)21-12-22-28;1-3-5-4-2/h7,13-15,19-20,24,28H,8-12,16-18,21-22H2,1-6H3;3-4H,1-2H2/b14-7+,25-15+,26-19+,27-20+;. The van der Waals surface area contributed by atoms with Gasteiger partial charge >= 0.3 is 0 Å². The van der Waals surface area contributed by atoms with E-state index < -0.39 is 0 Å². The number of hydrogen-bond donors (Lipinski definition) is 1. The molecule has 0 fully saturated rings. The topological polar surface area (TPSA) is 29.5 Å². The molecule has 0 aromatic heterocycles. The summed E-state index contributed by atoms with van der Waals surface area (Å²) in [7, 11) is 0. The quantitative estimate of drug-likeness (QED) is 0.174. The van der Waals surface area contributed by atoms with Crippen LogP contribution in [0.2, 0.25) is 0 Å². The molecule has 0 aliphatic heterocycles. The monoisotopic (exact) mass is 456 g/mol. The molecule has 0 spiro atoms. The first-order valence-electron chi connectivity index (χ1n) is 12.5. The molecule has 0 aromatic rings. The Morgan fingerprint density at radius 1 is 0.788 bits per heavy atom. The van der Waals surface area contributed by atoms with E-state index in [2.05, 4.69) is 95.9 Å². The SMILES string of the molecule is C=COC=C.CC(C)=CCC/C(C)=C/CCC(C)/C=C/C/C=C(\C)CC/C=C(\C)CCCO. The van der Waals surface area contributed by atoms with Gasteiger partial charge in [-0.1, -0.05) is 78.8 Å². The fraction of sp³-hybridized carbons (Fsp3) is 0.548. The molecular weight excluding hydrogens is 404 g/mol. The van der Waals surface area contributed by atoms with Gasteiger partial charge in [0.25, 0.3) is 0 Å². The van der Waals surface area contributed by atoms with Gasteiger partial charge in [-0.2, -0.15) is 0 Å². The maximum atomic E-state index is 8.86. The summed E-state index contributed by atoms with van der Waals surface area (Å²) < 4.78 is 4.36. The van der Waals surface area contributed by atoms with E-state index in [1.165, 1.54) is 60.5 Å². The van der Waals surface area contributed by atoms with E-state index in [1.54, 1.807) is 0 Å². The van der Waals surface area contributed by atoms with Gasteiger partial charge in [0.2, 0.25) is 0 Å². The van der Waals surface area contributed by atoms with Crippen LogP contribution in [0.15, 0.2) is 84.4 Å². The highest BCUT2D eigenvalue weighted by Gasteiger charge is 1.96. The molecule has 0 saturated carbocycles. The molecule has 0 aliphatic carbocycles. The average Bonchev–Trinajstić information content (AvgIpc) is 2.76. The highest BCUT2D eigenvalue weighted by atomic mass is 16.5. The molecule has 1 atom stereocenters. The molecule has 0 rings (SSSR count). The van der Waals surface area contributed by atoms with Crippen molar-refractivity contribution in [1.29, 1.82) is 0 Å². The Balaban J connectivity index is 0. The van der Waals surface area contributed by atoms with Crippen molar-refractivity contribution in [2.75, 3.05) is 6.61 Å². The number of hydrogen-bond acceptors (Lipinski definition) is 2. The Hall–Kier alpha value is -2.06. The van der Waals surface area contributed by atoms with Gasteiger partial charge in [0.15, 0.2) is 0 Å². The number of ether oxygens (including phenoxy) is 1. The lowest BCUT2D eigenvalue weighted by Gasteiger charge is -2.05. The molecule has 0 aromatic carbocycles. The van der Waals surface area contributed by atoms with E-state index in [-0.39, 0.29) is 0 Å². The van der Waals surface area contributed by atoms with Crippen molar-refractivity contribution >= 4 is 0 Å². The lowest BCUT2D eigenvalue weighted by molar-refractivity contribution is 0.288. The van der Waals surface area contributed by atoms with Crippen LogP contribution < -0.4 is 0 Å². The van der Waals surface area contributed by atoms with Gasteiger partial charge in [-0.25, -0.2) is 0 Å². The van der Waals surface area contributed by atoms with Crippen LogP contribution in [0.5, 0.6) is 0 Å². The van der Waals surface area contributed by atoms with Crippen LogP contribution >= 0.6 is 0 Å². The first-order chi connectivity index (χ1) is 15.8. The maximum Gasteiger partial charge on any atom is 0.0829 e. The number of rotatable bonds is 17. The average molecular weight is 457 g/mol. The molecule has 33 heavy (non-hydrogen) atoms. The molecule has 0 saturated heterocycles. The lowest BCUT2D eigenvalue weighted by atomic mass is 10.0. The zero-order valence-corrected chi connectivity index (χ0v) is 22.5. The van der Waals surface area contributed by atoms with Crippen molar-refractivity contribution < 1.29 is 9.84 Å². The van der Waals surface area contributed by atoms with Crippen LogP contribution in [0.3, 0.4) is 0 Å². The van der Waals surface area contributed by atoms with Crippen molar-refractivity contribution in [1.82, 2.24) is 0 Å². The predicted octanol–water partition coefficient (Wildman–Crippen LogP) is 9.78. The minimum Gasteiger partial charge on any atom is -0.474 e. The van der Waals surface area contributed by atoms with Crippen LogP contribution in [-0.2, 0) is 4.74 Å². The van der Waals surface area contributed by atoms with Crippen LogP contribution in [0.4, 0.5) is 0 Å². The lowest BCUT2D eigenvalue weighted by Crippen LogP contribution is -1.88. The number of aliphatic hydroxyl groups excluding tert-OH is 1. The molecule has 0 aliphatic rings. The van der Waals surface area contributed by atoms with E-state index in [9.17, 15) is 0 Å². The van der Waals surface area contributed by atoms with Crippen molar-refractivity contribution in [3.05, 3.63) is 84.4 Å². The van der Waals surface area contributed by atoms with Crippen molar-refractivity contribution in [3.8, 4) is 0 Å². The zero-order chi connectivity index (χ0) is 25.3. The first kappa shape index (κ1) is 33.1. The van der Waals surface area contributed by atoms with E-state index in [4.69, 9.17) is 5.11 Å². The summed E-state index contributed by atoms with van der Waals surface area (Å²) in [5.74, 6) is 0.646. The van der Waals surface area contributed by atoms with Gasteiger partial charge in [0.1, 0.15) is 0 Å². The third-order valence-corrected chi connectivity index (χ3v) is 5.23. The Kier molecular flexibility index (Phi) is 24.7. The molecule has 0 bridgehead atoms. The van der Waals surface area contributed by atoms with Gasteiger partial charge in [-0.3, -0.25) is 0 Å². The van der Waals surface area contributed by atoms with Crippen LogP contribution in [0, 0.1) is 5.92 Å². The van der Waals surface area contributed by atoms with Gasteiger partial charge in [-0.05, 0) is 98.3 Å². The minimum absolute atomic E-state index is 0.293. The maximum absolute atomic E-state index is 8.86. The van der Waals surface area contributed by atoms with Gasteiger partial charge in [0.05, 0.1) is 12.5 Å². The Morgan fingerprint density at radius 3 is 1.88 bits per heavy atom. The van der Waals surface area contributed by atoms with Crippen LogP contribution in [0.25, 0.3) is 0 Å². The summed E-state index contributed by atoms with van der Waals surface area (Å²) in [4.78, 5) is 0. The summed E-state index contributed by atoms with van der Waals surface area (Å²) >= 11 is 0. The summed E-state index contributed by atoms with van der Waals surface area (Å²) in [6, 6.07) is 0. The summed E-state index contributed by atoms with van der Waals surface area (Å²) in [5, 5.41) is 8.86. The highest BCUT2D eigenvalue weighted by Crippen LogP contribution is 2.14. The second-order valence-electron chi connectivity index (χ2n) is 9.03. The van der Waals surface area contributed by atoms with Gasteiger partial charge < -0.3 is 9.84 Å². The first-order valence-corrected chi connectivity index (χ1v) is 12.5. The zero-order valence-electron chi connectivity index (χ0n) is 22.5. The van der Waals surface area contributed by atoms with Crippen LogP contribution in [0.1, 0.15) is 99.3 Å². The fourth-order valence-electron chi connectivity index (χ4n) is 3.14. The normalized spacial score (nSPS) is 13.2. The summed E-state index contributed by atoms with van der Waals surface area (Å²) in [6.07, 6.45) is 26.7. The second-order valence-corrected chi connectivity index (χ2v) is 9.03. The van der Waals surface area contributed by atoms with Crippen molar-refractivity contribution in [2.45, 2.75) is 99.3 Å². The molecular formula is C31H52O2. The molecule has 1 N–H and O–H groups in total. The van der Waals surface area contributed by atoms with E-state index in [0.717, 1.165) is 32.1 Å². The molecule has 188 valence electrons. The Morgan fingerprint density at radius 2 is 1.33 bits per heavy atom. The van der Waals surface area contributed by atoms with Gasteiger partial charge in [0, 0.05) is 6.61 Å². The van der Waals surface area contributed by atoms with Gasteiger partial charge in [-0.15, -0.1) is 0 Å². The molecule has 1 unspecified atom stereocenters. The smallest absolute Gasteiger partial charge is 0.0829 e. The fourth-order valence-corrected chi connectivity index (χ4v) is 3.14. The molecule has 2 nitrogen and oxygen atoms in total. The predicted molar refractivity (Wildman–Crippen MR) is 149 cm³/mol. The molecule has 0 heterocycles. The van der Waals surface area contributed by atoms with Crippen molar-refractivity contribution in [2.24, 2.45) is 5.92 Å². The molecule has 0 radical (unpaired) electrons. The molecule has 2 heteroatoms. The molecule has 0 amide bonds. The third-order valence-electron chi connectivity index (χ3n) is 5.23.